The van der Waals surface area contributed by atoms with Gasteiger partial charge in [0.15, 0.2) is 0 Å². The Hall–Kier alpha value is 0. The molecule has 55 heavy (non-hydrogen) atoms. The summed E-state index contributed by atoms with van der Waals surface area (Å²) in [6.45, 7) is 57.4. The molecule has 1 unspecified atom stereocenters. The second-order valence-electron chi connectivity index (χ2n) is 23.0. The minimum absolute atomic E-state index is 0.437. The molecule has 0 nitrogen and oxygen atoms in total. The van der Waals surface area contributed by atoms with Gasteiger partial charge in [0.2, 0.25) is 0 Å². The van der Waals surface area contributed by atoms with E-state index in [0.29, 0.717) is 16.2 Å². The van der Waals surface area contributed by atoms with E-state index in [4.69, 9.17) is 0 Å². The van der Waals surface area contributed by atoms with E-state index in [1.165, 1.54) is 128 Å². The largest absolute Gasteiger partial charge is 0.0654 e. The molecule has 0 saturated carbocycles. The molecule has 0 N–H and O–H groups in total. The molecule has 0 aliphatic rings. The summed E-state index contributed by atoms with van der Waals surface area (Å²) in [5.74, 6) is 6.17. The molecule has 342 valence electrons. The van der Waals surface area contributed by atoms with Crippen LogP contribution in [0.25, 0.3) is 0 Å². The molecule has 0 fully saturated rings. The van der Waals surface area contributed by atoms with Crippen molar-refractivity contribution in [2.75, 3.05) is 0 Å². The van der Waals surface area contributed by atoms with Crippen LogP contribution in [0.1, 0.15) is 302 Å². The van der Waals surface area contributed by atoms with Crippen LogP contribution in [-0.2, 0) is 0 Å². The topological polar surface area (TPSA) is 0 Å². The Kier molecular flexibility index (Phi) is 52.9. The second-order valence-corrected chi connectivity index (χ2v) is 23.0. The van der Waals surface area contributed by atoms with Gasteiger partial charge in [0.25, 0.3) is 0 Å². The van der Waals surface area contributed by atoms with Gasteiger partial charge in [-0.25, -0.2) is 0 Å². The molecular weight excluding hydrogens is 661 g/mol. The van der Waals surface area contributed by atoms with Gasteiger partial charge in [-0.15, -0.1) is 0 Å². The molecule has 0 heterocycles. The lowest BCUT2D eigenvalue weighted by atomic mass is 9.71. The van der Waals surface area contributed by atoms with Crippen molar-refractivity contribution in [3.63, 3.8) is 0 Å². The predicted molar refractivity (Wildman–Crippen MR) is 266 cm³/mol. The van der Waals surface area contributed by atoms with Gasteiger partial charge in [-0.2, -0.15) is 0 Å². The van der Waals surface area contributed by atoms with Gasteiger partial charge in [0.1, 0.15) is 0 Å². The first-order chi connectivity index (χ1) is 25.1. The van der Waals surface area contributed by atoms with E-state index in [1.807, 2.05) is 0 Å². The Balaban J connectivity index is -0.000000135. The summed E-state index contributed by atoms with van der Waals surface area (Å²) in [5, 5.41) is 0. The Morgan fingerprint density at radius 1 is 0.309 bits per heavy atom. The van der Waals surface area contributed by atoms with Gasteiger partial charge >= 0.3 is 0 Å². The molecule has 0 aromatic rings. The first kappa shape index (κ1) is 66.8. The quantitative estimate of drug-likeness (QED) is 0.0960. The van der Waals surface area contributed by atoms with Crippen molar-refractivity contribution in [1.29, 1.82) is 0 Å². The number of unbranched alkanes of at least 4 members (excludes halogenated alkanes) is 11. The van der Waals surface area contributed by atoms with Crippen molar-refractivity contribution in [1.82, 2.24) is 0 Å². The minimum Gasteiger partial charge on any atom is -0.0654 e. The van der Waals surface area contributed by atoms with Gasteiger partial charge in [-0.1, -0.05) is 282 Å². The van der Waals surface area contributed by atoms with Crippen LogP contribution >= 0.6 is 0 Å². The fourth-order valence-corrected chi connectivity index (χ4v) is 6.16. The maximum atomic E-state index is 2.47. The normalized spacial score (nSPS) is 12.3. The van der Waals surface area contributed by atoms with Crippen molar-refractivity contribution in [3.05, 3.63) is 0 Å². The van der Waals surface area contributed by atoms with Gasteiger partial charge in [-0.05, 0) is 76.9 Å². The first-order valence-corrected chi connectivity index (χ1v) is 25.1. The van der Waals surface area contributed by atoms with Crippen LogP contribution in [0, 0.1) is 57.7 Å². The monoisotopic (exact) mass is 783 g/mol. The molecule has 0 rings (SSSR count). The Morgan fingerprint density at radius 2 is 0.600 bits per heavy atom. The van der Waals surface area contributed by atoms with Crippen LogP contribution in [0.3, 0.4) is 0 Å². The zero-order chi connectivity index (χ0) is 44.7. The molecule has 0 heteroatoms. The molecule has 0 aromatic heterocycles. The highest BCUT2D eigenvalue weighted by Gasteiger charge is 2.27. The Bertz CT molecular complexity index is 624. The summed E-state index contributed by atoms with van der Waals surface area (Å²) in [5.41, 5.74) is 1.40. The fraction of sp³-hybridized carbons (Fsp3) is 1.00. The summed E-state index contributed by atoms with van der Waals surface area (Å²) in [7, 11) is 0. The number of hydrogen-bond donors (Lipinski definition) is 0. The zero-order valence-electron chi connectivity index (χ0n) is 44.7. The molecule has 0 radical (unpaired) electrons. The third-order valence-corrected chi connectivity index (χ3v) is 10.9. The summed E-state index contributed by atoms with van der Waals surface area (Å²) >= 11 is 0. The SMILES string of the molecule is CC(C)(C)C(C)(C)C.CC(C)CC(C)(C)C.CC(C)CCC(C)C(CC(C)C)CC(C)C.CCCCCC(C)C.CCCCCCC.CCCCCCCC. The van der Waals surface area contributed by atoms with Crippen LogP contribution in [0.5, 0.6) is 0 Å². The van der Waals surface area contributed by atoms with Crippen molar-refractivity contribution < 1.29 is 0 Å². The standard InChI is InChI=1S/C16H34.4C8H18.C7H16/c1-12(2)8-9-15(7)16(10-13(3)4)11-14(5)6;1-7(2)6-8(3,4)5;1-7(2,3)8(4,5)6;1-4-5-6-7-8(2)3;1-3-5-7-8-6-4-2;1-3-5-7-6-4-2/h12-16H,8-11H2,1-7H3;7H,6H2,1-5H3;1-6H3;8H,4-7H2,1-3H3;3-8H2,1-2H3;3-7H2,1-2H3. The lowest BCUT2D eigenvalue weighted by Crippen LogP contribution is -2.25. The van der Waals surface area contributed by atoms with E-state index in [2.05, 4.69) is 173 Å². The molecule has 0 aliphatic heterocycles. The van der Waals surface area contributed by atoms with Gasteiger partial charge in [0.05, 0.1) is 0 Å². The molecule has 0 amide bonds. The first-order valence-electron chi connectivity index (χ1n) is 25.1. The zero-order valence-corrected chi connectivity index (χ0v) is 44.7. The third-order valence-electron chi connectivity index (χ3n) is 10.9. The molecule has 0 saturated heterocycles. The average molecular weight is 784 g/mol. The van der Waals surface area contributed by atoms with E-state index in [0.717, 1.165) is 41.4 Å². The maximum absolute atomic E-state index is 2.47. The van der Waals surface area contributed by atoms with Crippen molar-refractivity contribution in [3.8, 4) is 0 Å². The molecular formula is C55H122. The van der Waals surface area contributed by atoms with E-state index < -0.39 is 0 Å². The molecule has 1 atom stereocenters. The van der Waals surface area contributed by atoms with Crippen LogP contribution in [0.15, 0.2) is 0 Å². The highest BCUT2D eigenvalue weighted by molar-refractivity contribution is 4.77. The average Bonchev–Trinajstić information content (AvgIpc) is 3.01. The van der Waals surface area contributed by atoms with Gasteiger partial charge in [0, 0.05) is 0 Å². The Morgan fingerprint density at radius 3 is 0.800 bits per heavy atom. The summed E-state index contributed by atoms with van der Waals surface area (Å²) < 4.78 is 0. The summed E-state index contributed by atoms with van der Waals surface area (Å²) in [6.07, 6.45) is 28.1. The maximum Gasteiger partial charge on any atom is -0.0334 e. The van der Waals surface area contributed by atoms with Crippen molar-refractivity contribution in [2.45, 2.75) is 302 Å². The lowest BCUT2D eigenvalue weighted by Gasteiger charge is -2.34. The van der Waals surface area contributed by atoms with Crippen molar-refractivity contribution in [2.24, 2.45) is 57.7 Å². The van der Waals surface area contributed by atoms with Crippen LogP contribution in [0.4, 0.5) is 0 Å². The van der Waals surface area contributed by atoms with E-state index >= 15 is 0 Å². The highest BCUT2D eigenvalue weighted by Crippen LogP contribution is 2.36. The number of rotatable bonds is 22. The summed E-state index contributed by atoms with van der Waals surface area (Å²) in [4.78, 5) is 0. The van der Waals surface area contributed by atoms with E-state index in [-0.39, 0.29) is 0 Å². The Labute approximate surface area is 357 Å². The third kappa shape index (κ3) is 72.1. The van der Waals surface area contributed by atoms with Gasteiger partial charge < -0.3 is 0 Å². The van der Waals surface area contributed by atoms with E-state index in [1.54, 1.807) is 0 Å². The highest BCUT2D eigenvalue weighted by atomic mass is 14.3. The van der Waals surface area contributed by atoms with Crippen molar-refractivity contribution >= 4 is 0 Å². The van der Waals surface area contributed by atoms with E-state index in [9.17, 15) is 0 Å². The smallest absolute Gasteiger partial charge is 0.0334 e. The van der Waals surface area contributed by atoms with Crippen LogP contribution < -0.4 is 0 Å². The van der Waals surface area contributed by atoms with Crippen LogP contribution in [0.2, 0.25) is 0 Å². The second kappa shape index (κ2) is 43.6. The molecule has 0 aliphatic carbocycles. The molecule has 0 bridgehead atoms. The van der Waals surface area contributed by atoms with Gasteiger partial charge in [-0.3, -0.25) is 0 Å². The number of hydrogen-bond acceptors (Lipinski definition) is 0. The fourth-order valence-electron chi connectivity index (χ4n) is 6.16. The molecule has 0 spiro atoms. The minimum atomic E-state index is 0.437. The predicted octanol–water partition coefficient (Wildman–Crippen LogP) is 21.5. The lowest BCUT2D eigenvalue weighted by molar-refractivity contribution is 0.157. The summed E-state index contributed by atoms with van der Waals surface area (Å²) in [6, 6.07) is 0. The molecule has 0 aromatic carbocycles. The van der Waals surface area contributed by atoms with Crippen LogP contribution in [-0.4, -0.2) is 0 Å².